The van der Waals surface area contributed by atoms with E-state index in [1.165, 1.54) is 32.1 Å². The highest BCUT2D eigenvalue weighted by atomic mass is 16.5. The van der Waals surface area contributed by atoms with E-state index < -0.39 is 6.10 Å². The molecule has 0 aromatic heterocycles. The quantitative estimate of drug-likeness (QED) is 0.610. The minimum atomic E-state index is -0.512. The van der Waals surface area contributed by atoms with E-state index in [1.807, 2.05) is 6.08 Å². The molecule has 1 aliphatic heterocycles. The Morgan fingerprint density at radius 3 is 2.58 bits per heavy atom. The van der Waals surface area contributed by atoms with Crippen molar-refractivity contribution in [2.75, 3.05) is 13.2 Å². The van der Waals surface area contributed by atoms with Crippen LogP contribution in [0.3, 0.4) is 0 Å². The summed E-state index contributed by atoms with van der Waals surface area (Å²) in [4.78, 5) is 23.6. The number of aliphatic hydroxyl groups is 1. The number of aliphatic hydroxyl groups excluding tert-OH is 1. The first-order chi connectivity index (χ1) is 11.6. The molecule has 1 heterocycles. The fourth-order valence-electron chi connectivity index (χ4n) is 3.33. The van der Waals surface area contributed by atoms with E-state index in [9.17, 15) is 14.7 Å². The van der Waals surface area contributed by atoms with Crippen molar-refractivity contribution in [1.29, 1.82) is 0 Å². The predicted molar refractivity (Wildman–Crippen MR) is 91.3 cm³/mol. The molecule has 1 aliphatic carbocycles. The molecule has 2 aliphatic rings. The highest BCUT2D eigenvalue weighted by Crippen LogP contribution is 2.23. The number of rotatable bonds is 7. The molecule has 24 heavy (non-hydrogen) atoms. The fourth-order valence-corrected chi connectivity index (χ4v) is 3.33. The molecule has 136 valence electrons. The molecule has 0 aromatic carbocycles. The van der Waals surface area contributed by atoms with E-state index >= 15 is 0 Å². The largest absolute Gasteiger partial charge is 0.394 e. The van der Waals surface area contributed by atoms with Crippen molar-refractivity contribution < 1.29 is 19.4 Å². The van der Waals surface area contributed by atoms with E-state index in [2.05, 4.69) is 10.6 Å². The van der Waals surface area contributed by atoms with Crippen LogP contribution >= 0.6 is 0 Å². The van der Waals surface area contributed by atoms with Gasteiger partial charge in [0, 0.05) is 13.0 Å². The molecule has 1 saturated carbocycles. The van der Waals surface area contributed by atoms with E-state index in [0.29, 0.717) is 12.3 Å². The monoisotopic (exact) mass is 338 g/mol. The SMILES string of the molecule is CCC(=O)N[C@@H]1C=C[C@H](CC(=O)NCC2CCCCC2)O[C@H]1CO. The Hall–Kier alpha value is -1.40. The van der Waals surface area contributed by atoms with Gasteiger partial charge >= 0.3 is 0 Å². The highest BCUT2D eigenvalue weighted by molar-refractivity contribution is 5.77. The lowest BCUT2D eigenvalue weighted by atomic mass is 9.89. The van der Waals surface area contributed by atoms with E-state index in [4.69, 9.17) is 4.74 Å². The summed E-state index contributed by atoms with van der Waals surface area (Å²) in [6.07, 6.45) is 9.61. The van der Waals surface area contributed by atoms with E-state index in [-0.39, 0.29) is 37.0 Å². The molecule has 6 heteroatoms. The summed E-state index contributed by atoms with van der Waals surface area (Å²) in [6, 6.07) is -0.344. The average Bonchev–Trinajstić information content (AvgIpc) is 2.62. The molecule has 1 fully saturated rings. The molecular formula is C18H30N2O4. The lowest BCUT2D eigenvalue weighted by molar-refractivity contribution is -0.128. The molecule has 0 unspecified atom stereocenters. The lowest BCUT2D eigenvalue weighted by Gasteiger charge is -2.31. The Labute approximate surface area is 144 Å². The average molecular weight is 338 g/mol. The molecule has 0 radical (unpaired) electrons. The van der Waals surface area contributed by atoms with Crippen LogP contribution in [-0.2, 0) is 14.3 Å². The van der Waals surface area contributed by atoms with Crippen molar-refractivity contribution >= 4 is 11.8 Å². The molecule has 0 saturated heterocycles. The molecule has 0 spiro atoms. The topological polar surface area (TPSA) is 87.7 Å². The number of ether oxygens (including phenoxy) is 1. The summed E-state index contributed by atoms with van der Waals surface area (Å²) in [6.45, 7) is 2.32. The maximum atomic E-state index is 12.1. The molecule has 0 aromatic rings. The number of nitrogens with one attached hydrogen (secondary N) is 2. The van der Waals surface area contributed by atoms with Crippen molar-refractivity contribution in [3.63, 3.8) is 0 Å². The van der Waals surface area contributed by atoms with Crippen molar-refractivity contribution in [2.45, 2.75) is 70.1 Å². The third-order valence-corrected chi connectivity index (χ3v) is 4.81. The van der Waals surface area contributed by atoms with Crippen LogP contribution in [0.5, 0.6) is 0 Å². The van der Waals surface area contributed by atoms with Gasteiger partial charge in [0.05, 0.1) is 25.2 Å². The number of hydrogen-bond acceptors (Lipinski definition) is 4. The smallest absolute Gasteiger partial charge is 0.222 e. The van der Waals surface area contributed by atoms with E-state index in [1.54, 1.807) is 13.0 Å². The first kappa shape index (κ1) is 18.9. The zero-order valence-electron chi connectivity index (χ0n) is 14.5. The van der Waals surface area contributed by atoms with Crippen LogP contribution in [0.15, 0.2) is 12.2 Å². The van der Waals surface area contributed by atoms with Gasteiger partial charge < -0.3 is 20.5 Å². The second-order valence-corrected chi connectivity index (χ2v) is 6.74. The van der Waals surface area contributed by atoms with Crippen LogP contribution in [0, 0.1) is 5.92 Å². The van der Waals surface area contributed by atoms with Crippen LogP contribution < -0.4 is 10.6 Å². The van der Waals surface area contributed by atoms with Crippen molar-refractivity contribution in [3.8, 4) is 0 Å². The second-order valence-electron chi connectivity index (χ2n) is 6.74. The third-order valence-electron chi connectivity index (χ3n) is 4.81. The summed E-state index contributed by atoms with van der Waals surface area (Å²) < 4.78 is 5.74. The van der Waals surface area contributed by atoms with E-state index in [0.717, 1.165) is 6.54 Å². The highest BCUT2D eigenvalue weighted by Gasteiger charge is 2.28. The van der Waals surface area contributed by atoms with Gasteiger partial charge in [-0.3, -0.25) is 9.59 Å². The number of hydrogen-bond donors (Lipinski definition) is 3. The van der Waals surface area contributed by atoms with Crippen LogP contribution in [-0.4, -0.2) is 48.3 Å². The van der Waals surface area contributed by atoms with Crippen molar-refractivity contribution in [3.05, 3.63) is 12.2 Å². The third kappa shape index (κ3) is 5.91. The minimum Gasteiger partial charge on any atom is -0.394 e. The van der Waals surface area contributed by atoms with Crippen LogP contribution in [0.2, 0.25) is 0 Å². The zero-order chi connectivity index (χ0) is 17.4. The van der Waals surface area contributed by atoms with Gasteiger partial charge in [-0.15, -0.1) is 0 Å². The lowest BCUT2D eigenvalue weighted by Crippen LogP contribution is -2.49. The van der Waals surface area contributed by atoms with Gasteiger partial charge in [0.25, 0.3) is 0 Å². The Morgan fingerprint density at radius 1 is 1.17 bits per heavy atom. The standard InChI is InChI=1S/C18H30N2O4/c1-2-17(22)20-15-9-8-14(24-16(15)12-21)10-18(23)19-11-13-6-4-3-5-7-13/h8-9,13-16,21H,2-7,10-12H2,1H3,(H,19,23)(H,20,22)/t14-,15-,16+/m1/s1. The molecule has 3 atom stereocenters. The maximum absolute atomic E-state index is 12.1. The summed E-state index contributed by atoms with van der Waals surface area (Å²) >= 11 is 0. The Bertz CT molecular complexity index is 446. The van der Waals surface area contributed by atoms with Crippen molar-refractivity contribution in [1.82, 2.24) is 10.6 Å². The van der Waals surface area contributed by atoms with Gasteiger partial charge in [-0.2, -0.15) is 0 Å². The second kappa shape index (κ2) is 9.79. The van der Waals surface area contributed by atoms with Crippen LogP contribution in [0.1, 0.15) is 51.9 Å². The fraction of sp³-hybridized carbons (Fsp3) is 0.778. The molecule has 2 amide bonds. The van der Waals surface area contributed by atoms with Gasteiger partial charge in [0.15, 0.2) is 0 Å². The number of amides is 2. The molecular weight excluding hydrogens is 308 g/mol. The van der Waals surface area contributed by atoms with Crippen LogP contribution in [0.4, 0.5) is 0 Å². The van der Waals surface area contributed by atoms with Gasteiger partial charge in [0.2, 0.25) is 11.8 Å². The first-order valence-corrected chi connectivity index (χ1v) is 9.13. The molecule has 2 rings (SSSR count). The summed E-state index contributed by atoms with van der Waals surface area (Å²) in [5.74, 6) is 0.489. The zero-order valence-corrected chi connectivity index (χ0v) is 14.5. The number of carbonyl (C=O) groups is 2. The first-order valence-electron chi connectivity index (χ1n) is 9.13. The number of carbonyl (C=O) groups excluding carboxylic acids is 2. The Kier molecular flexibility index (Phi) is 7.72. The van der Waals surface area contributed by atoms with Crippen LogP contribution in [0.25, 0.3) is 0 Å². The van der Waals surface area contributed by atoms with Gasteiger partial charge in [-0.1, -0.05) is 38.3 Å². The van der Waals surface area contributed by atoms with Gasteiger partial charge in [-0.05, 0) is 18.8 Å². The Morgan fingerprint density at radius 2 is 1.92 bits per heavy atom. The van der Waals surface area contributed by atoms with Gasteiger partial charge in [0.1, 0.15) is 6.10 Å². The summed E-state index contributed by atoms with van der Waals surface area (Å²) in [5, 5.41) is 15.3. The normalized spacial score (nSPS) is 27.7. The molecule has 3 N–H and O–H groups in total. The molecule has 0 bridgehead atoms. The maximum Gasteiger partial charge on any atom is 0.222 e. The molecule has 6 nitrogen and oxygen atoms in total. The Balaban J connectivity index is 1.76. The van der Waals surface area contributed by atoms with Gasteiger partial charge in [-0.25, -0.2) is 0 Å². The predicted octanol–water partition coefficient (Wildman–Crippen LogP) is 1.28. The minimum absolute atomic E-state index is 0.0250. The van der Waals surface area contributed by atoms with Crippen molar-refractivity contribution in [2.24, 2.45) is 5.92 Å². The summed E-state index contributed by atoms with van der Waals surface area (Å²) in [7, 11) is 0. The summed E-state index contributed by atoms with van der Waals surface area (Å²) in [5.41, 5.74) is 0.